The van der Waals surface area contributed by atoms with Gasteiger partial charge in [-0.1, -0.05) is 19.8 Å². The number of anilines is 2. The van der Waals surface area contributed by atoms with Crippen LogP contribution in [0.15, 0.2) is 47.5 Å². The molecule has 2 aromatic carbocycles. The van der Waals surface area contributed by atoms with Crippen LogP contribution in [-0.2, 0) is 10.0 Å². The van der Waals surface area contributed by atoms with Crippen molar-refractivity contribution in [3.05, 3.63) is 48.2 Å². The number of rotatable bonds is 4. The molecule has 140 valence electrons. The van der Waals surface area contributed by atoms with Gasteiger partial charge in [-0.3, -0.25) is 0 Å². The van der Waals surface area contributed by atoms with Crippen molar-refractivity contribution in [1.82, 2.24) is 9.97 Å². The number of aromatic nitrogens is 2. The van der Waals surface area contributed by atoms with E-state index >= 15 is 0 Å². The van der Waals surface area contributed by atoms with Crippen LogP contribution < -0.4 is 15.2 Å². The predicted molar refractivity (Wildman–Crippen MR) is 106 cm³/mol. The van der Waals surface area contributed by atoms with E-state index in [0.717, 1.165) is 5.39 Å². The molecule has 0 aliphatic heterocycles. The first-order valence-corrected chi connectivity index (χ1v) is 9.66. The number of nitrogens with zero attached hydrogens (tertiary/aromatic N) is 2. The number of benzene rings is 2. The number of nitrogens with one attached hydrogen (secondary N) is 1. The highest BCUT2D eigenvalue weighted by Gasteiger charge is 2.09. The SMILES string of the molecule is C#Cc1cc(OC)c2nc(Nc3ccc(S(N)(=O)=O)cc3)ncc2c1.CC. The van der Waals surface area contributed by atoms with Crippen molar-refractivity contribution < 1.29 is 13.2 Å². The summed E-state index contributed by atoms with van der Waals surface area (Å²) in [6.45, 7) is 4.00. The molecule has 27 heavy (non-hydrogen) atoms. The normalized spacial score (nSPS) is 10.5. The van der Waals surface area contributed by atoms with E-state index in [9.17, 15) is 8.42 Å². The standard InChI is InChI=1S/C17H14N4O3S.C2H6/c1-3-11-8-12-10-19-17(21-16(12)15(9-11)24-2)20-13-4-6-14(7-5-13)25(18,22)23;1-2/h1,4-10H,2H3,(H2,18,22,23)(H,19,20,21);1-2H3. The van der Waals surface area contributed by atoms with Gasteiger partial charge in [-0.05, 0) is 36.4 Å². The zero-order valence-corrected chi connectivity index (χ0v) is 16.0. The van der Waals surface area contributed by atoms with Crippen molar-refractivity contribution in [1.29, 1.82) is 0 Å². The summed E-state index contributed by atoms with van der Waals surface area (Å²) in [7, 11) is -2.19. The molecule has 0 unspecified atom stereocenters. The summed E-state index contributed by atoms with van der Waals surface area (Å²) in [6.07, 6.45) is 7.06. The summed E-state index contributed by atoms with van der Waals surface area (Å²) in [4.78, 5) is 8.69. The predicted octanol–water partition coefficient (Wildman–Crippen LogP) is 3.04. The van der Waals surface area contributed by atoms with E-state index in [-0.39, 0.29) is 4.90 Å². The topological polar surface area (TPSA) is 107 Å². The molecule has 0 spiro atoms. The third-order valence-electron chi connectivity index (χ3n) is 3.47. The second-order valence-electron chi connectivity index (χ2n) is 5.15. The molecule has 3 N–H and O–H groups in total. The van der Waals surface area contributed by atoms with Gasteiger partial charge in [-0.25, -0.2) is 23.5 Å². The Labute approximate surface area is 158 Å². The van der Waals surface area contributed by atoms with E-state index in [1.165, 1.54) is 19.2 Å². The lowest BCUT2D eigenvalue weighted by Crippen LogP contribution is -2.11. The van der Waals surface area contributed by atoms with Gasteiger partial charge >= 0.3 is 0 Å². The third kappa shape index (κ3) is 4.73. The molecule has 1 aromatic heterocycles. The molecule has 3 rings (SSSR count). The molecule has 0 radical (unpaired) electrons. The van der Waals surface area contributed by atoms with Gasteiger partial charge in [0.05, 0.1) is 12.0 Å². The van der Waals surface area contributed by atoms with Crippen LogP contribution in [0.5, 0.6) is 5.75 Å². The molecule has 0 bridgehead atoms. The van der Waals surface area contributed by atoms with Gasteiger partial charge in [-0.2, -0.15) is 0 Å². The number of sulfonamides is 1. The van der Waals surface area contributed by atoms with Crippen LogP contribution in [0.1, 0.15) is 19.4 Å². The zero-order valence-electron chi connectivity index (χ0n) is 15.2. The Morgan fingerprint density at radius 3 is 2.41 bits per heavy atom. The molecule has 0 aliphatic carbocycles. The summed E-state index contributed by atoms with van der Waals surface area (Å²) in [6, 6.07) is 9.47. The summed E-state index contributed by atoms with van der Waals surface area (Å²) in [5.41, 5.74) is 1.90. The molecular formula is C19H20N4O3S. The van der Waals surface area contributed by atoms with E-state index in [1.54, 1.807) is 30.5 Å². The van der Waals surface area contributed by atoms with Gasteiger partial charge in [0, 0.05) is 22.8 Å². The van der Waals surface area contributed by atoms with Crippen molar-refractivity contribution in [3.8, 4) is 18.1 Å². The molecule has 0 saturated carbocycles. The lowest BCUT2D eigenvalue weighted by molar-refractivity contribution is 0.419. The Hall–Kier alpha value is -3.15. The smallest absolute Gasteiger partial charge is 0.238 e. The maximum absolute atomic E-state index is 11.3. The van der Waals surface area contributed by atoms with Gasteiger partial charge < -0.3 is 10.1 Å². The van der Waals surface area contributed by atoms with Crippen LogP contribution >= 0.6 is 0 Å². The van der Waals surface area contributed by atoms with Crippen molar-refractivity contribution in [2.24, 2.45) is 5.14 Å². The highest BCUT2D eigenvalue weighted by atomic mass is 32.2. The maximum Gasteiger partial charge on any atom is 0.238 e. The first kappa shape index (κ1) is 20.2. The van der Waals surface area contributed by atoms with E-state index < -0.39 is 10.0 Å². The first-order valence-electron chi connectivity index (χ1n) is 8.12. The number of nitrogens with two attached hydrogens (primary N) is 1. The highest BCUT2D eigenvalue weighted by Crippen LogP contribution is 2.27. The number of ether oxygens (including phenoxy) is 1. The van der Waals surface area contributed by atoms with E-state index in [1.807, 2.05) is 13.8 Å². The Balaban J connectivity index is 0.00000126. The highest BCUT2D eigenvalue weighted by molar-refractivity contribution is 7.89. The minimum Gasteiger partial charge on any atom is -0.494 e. The van der Waals surface area contributed by atoms with E-state index in [4.69, 9.17) is 16.3 Å². The van der Waals surface area contributed by atoms with Crippen molar-refractivity contribution in [3.63, 3.8) is 0 Å². The Morgan fingerprint density at radius 1 is 1.19 bits per heavy atom. The fourth-order valence-corrected chi connectivity index (χ4v) is 2.78. The number of hydrogen-bond donors (Lipinski definition) is 2. The molecule has 0 atom stereocenters. The minimum atomic E-state index is -3.73. The number of methoxy groups -OCH3 is 1. The number of fused-ring (bicyclic) bond motifs is 1. The average molecular weight is 384 g/mol. The summed E-state index contributed by atoms with van der Waals surface area (Å²) < 4.78 is 27.9. The van der Waals surface area contributed by atoms with Gasteiger partial charge in [-0.15, -0.1) is 6.42 Å². The molecule has 7 nitrogen and oxygen atoms in total. The monoisotopic (exact) mass is 384 g/mol. The summed E-state index contributed by atoms with van der Waals surface area (Å²) in [5, 5.41) is 8.83. The van der Waals surface area contributed by atoms with Crippen molar-refractivity contribution in [2.75, 3.05) is 12.4 Å². The molecule has 3 aromatic rings. The Kier molecular flexibility index (Phi) is 6.34. The van der Waals surface area contributed by atoms with E-state index in [2.05, 4.69) is 21.2 Å². The second-order valence-corrected chi connectivity index (χ2v) is 6.71. The Bertz CT molecular complexity index is 1090. The molecule has 0 aliphatic rings. The first-order chi connectivity index (χ1) is 12.9. The summed E-state index contributed by atoms with van der Waals surface area (Å²) in [5.74, 6) is 3.43. The van der Waals surface area contributed by atoms with Crippen molar-refractivity contribution >= 4 is 32.6 Å². The third-order valence-corrected chi connectivity index (χ3v) is 4.40. The number of terminal acetylenes is 1. The minimum absolute atomic E-state index is 0.0287. The van der Waals surface area contributed by atoms with Crippen LogP contribution in [-0.4, -0.2) is 25.5 Å². The molecule has 0 amide bonds. The largest absolute Gasteiger partial charge is 0.494 e. The zero-order chi connectivity index (χ0) is 20.0. The van der Waals surface area contributed by atoms with Gasteiger partial charge in [0.15, 0.2) is 0 Å². The lowest BCUT2D eigenvalue weighted by atomic mass is 10.1. The van der Waals surface area contributed by atoms with Crippen LogP contribution in [0.2, 0.25) is 0 Å². The number of hydrogen-bond acceptors (Lipinski definition) is 6. The maximum atomic E-state index is 11.3. The molecule has 1 heterocycles. The van der Waals surface area contributed by atoms with Gasteiger partial charge in [0.1, 0.15) is 11.3 Å². The molecule has 8 heteroatoms. The van der Waals surface area contributed by atoms with Crippen molar-refractivity contribution in [2.45, 2.75) is 18.7 Å². The molecule has 0 fully saturated rings. The molecule has 0 saturated heterocycles. The summed E-state index contributed by atoms with van der Waals surface area (Å²) >= 11 is 0. The van der Waals surface area contributed by atoms with Crippen LogP contribution in [0, 0.1) is 12.3 Å². The van der Waals surface area contributed by atoms with Gasteiger partial charge in [0.2, 0.25) is 16.0 Å². The Morgan fingerprint density at radius 2 is 1.85 bits per heavy atom. The van der Waals surface area contributed by atoms with Crippen LogP contribution in [0.4, 0.5) is 11.6 Å². The number of primary sulfonamides is 1. The van der Waals surface area contributed by atoms with Gasteiger partial charge in [0.25, 0.3) is 0 Å². The van der Waals surface area contributed by atoms with E-state index in [0.29, 0.717) is 28.5 Å². The average Bonchev–Trinajstić information content (AvgIpc) is 2.68. The fourth-order valence-electron chi connectivity index (χ4n) is 2.27. The van der Waals surface area contributed by atoms with Crippen LogP contribution in [0.25, 0.3) is 10.9 Å². The fraction of sp³-hybridized carbons (Fsp3) is 0.158. The molecular weight excluding hydrogens is 364 g/mol. The lowest BCUT2D eigenvalue weighted by Gasteiger charge is -2.09. The quantitative estimate of drug-likeness (QED) is 0.670. The second kappa shape index (κ2) is 8.49. The van der Waals surface area contributed by atoms with Crippen LogP contribution in [0.3, 0.4) is 0 Å².